The van der Waals surface area contributed by atoms with Gasteiger partial charge < -0.3 is 15.8 Å². The zero-order valence-electron chi connectivity index (χ0n) is 10.2. The summed E-state index contributed by atoms with van der Waals surface area (Å²) in [6, 6.07) is 2.39. The van der Waals surface area contributed by atoms with E-state index >= 15 is 0 Å². The predicted octanol–water partition coefficient (Wildman–Crippen LogP) is 0.560. The van der Waals surface area contributed by atoms with Crippen molar-refractivity contribution in [1.82, 2.24) is 0 Å². The number of ether oxygens (including phenoxy) is 1. The van der Waals surface area contributed by atoms with Crippen molar-refractivity contribution in [2.75, 3.05) is 18.2 Å². The van der Waals surface area contributed by atoms with Crippen LogP contribution in [-0.2, 0) is 19.7 Å². The van der Waals surface area contributed by atoms with E-state index in [-0.39, 0.29) is 22.6 Å². The molecule has 0 bridgehead atoms. The van der Waals surface area contributed by atoms with Gasteiger partial charge in [0.25, 0.3) is 5.69 Å². The molecule has 2 rings (SSSR count). The molecule has 19 heavy (non-hydrogen) atoms. The highest BCUT2D eigenvalue weighted by atomic mass is 16.6. The van der Waals surface area contributed by atoms with Gasteiger partial charge in [0.2, 0.25) is 5.91 Å². The van der Waals surface area contributed by atoms with E-state index in [1.54, 1.807) is 0 Å². The third-order valence-corrected chi connectivity index (χ3v) is 3.20. The predicted molar refractivity (Wildman–Crippen MR) is 65.5 cm³/mol. The molecule has 1 aromatic carbocycles. The first kappa shape index (κ1) is 12.8. The standard InChI is InChI=1S/C11H11N3O5/c1-11(10(16)19-2)5-3-6(12)8(14(17)18)4-7(5)13-9(11)15/h3-4H,12H2,1-2H3,(H,13,15). The summed E-state index contributed by atoms with van der Waals surface area (Å²) in [4.78, 5) is 33.8. The maximum atomic E-state index is 11.9. The number of nitrogens with one attached hydrogen (secondary N) is 1. The number of fused-ring (bicyclic) bond motifs is 1. The summed E-state index contributed by atoms with van der Waals surface area (Å²) in [5.74, 6) is -1.36. The first-order valence-electron chi connectivity index (χ1n) is 5.30. The zero-order chi connectivity index (χ0) is 14.4. The Hall–Kier alpha value is -2.64. The Morgan fingerprint density at radius 3 is 2.68 bits per heavy atom. The van der Waals surface area contributed by atoms with E-state index in [2.05, 4.69) is 10.1 Å². The summed E-state index contributed by atoms with van der Waals surface area (Å²) >= 11 is 0. The lowest BCUT2D eigenvalue weighted by Crippen LogP contribution is -2.40. The van der Waals surface area contributed by atoms with Gasteiger partial charge in [-0.25, -0.2) is 0 Å². The van der Waals surface area contributed by atoms with Crippen LogP contribution < -0.4 is 11.1 Å². The van der Waals surface area contributed by atoms with Crippen LogP contribution in [0.3, 0.4) is 0 Å². The number of carbonyl (C=O) groups is 2. The van der Waals surface area contributed by atoms with Gasteiger partial charge in [-0.15, -0.1) is 0 Å². The van der Waals surface area contributed by atoms with Crippen LogP contribution in [-0.4, -0.2) is 23.9 Å². The van der Waals surface area contributed by atoms with Gasteiger partial charge in [-0.2, -0.15) is 0 Å². The molecular weight excluding hydrogens is 254 g/mol. The number of anilines is 2. The first-order chi connectivity index (χ1) is 8.82. The minimum atomic E-state index is -1.55. The van der Waals surface area contributed by atoms with E-state index in [9.17, 15) is 19.7 Å². The number of esters is 1. The molecule has 0 spiro atoms. The lowest BCUT2D eigenvalue weighted by molar-refractivity contribution is -0.383. The van der Waals surface area contributed by atoms with Crippen LogP contribution in [0.1, 0.15) is 12.5 Å². The second kappa shape index (κ2) is 3.94. The number of nitrogens with zero attached hydrogens (tertiary/aromatic N) is 1. The molecule has 1 atom stereocenters. The smallest absolute Gasteiger partial charge is 0.325 e. The van der Waals surface area contributed by atoms with Crippen LogP contribution in [0, 0.1) is 10.1 Å². The van der Waals surface area contributed by atoms with Gasteiger partial charge in [0.1, 0.15) is 5.69 Å². The number of rotatable bonds is 2. The highest BCUT2D eigenvalue weighted by Crippen LogP contribution is 2.42. The minimum Gasteiger partial charge on any atom is -0.468 e. The van der Waals surface area contributed by atoms with Gasteiger partial charge in [0.05, 0.1) is 17.7 Å². The van der Waals surface area contributed by atoms with Crippen LogP contribution in [0.25, 0.3) is 0 Å². The average molecular weight is 265 g/mol. The Morgan fingerprint density at radius 1 is 1.53 bits per heavy atom. The van der Waals surface area contributed by atoms with Crippen molar-refractivity contribution in [2.24, 2.45) is 0 Å². The number of hydrogen-bond acceptors (Lipinski definition) is 6. The number of nitro groups is 1. The zero-order valence-corrected chi connectivity index (χ0v) is 10.2. The molecule has 0 aromatic heterocycles. The number of nitro benzene ring substituents is 1. The summed E-state index contributed by atoms with van der Waals surface area (Å²) in [6.07, 6.45) is 0. The van der Waals surface area contributed by atoms with E-state index in [0.29, 0.717) is 0 Å². The van der Waals surface area contributed by atoms with Crippen molar-refractivity contribution in [3.05, 3.63) is 27.8 Å². The fraction of sp³-hybridized carbons (Fsp3) is 0.273. The summed E-state index contributed by atoms with van der Waals surface area (Å²) in [5, 5.41) is 13.2. The van der Waals surface area contributed by atoms with Gasteiger partial charge in [-0.1, -0.05) is 0 Å². The second-order valence-corrected chi connectivity index (χ2v) is 4.28. The molecule has 1 unspecified atom stereocenters. The molecule has 0 saturated carbocycles. The Bertz CT molecular complexity index is 613. The Morgan fingerprint density at radius 2 is 2.16 bits per heavy atom. The lowest BCUT2D eigenvalue weighted by Gasteiger charge is -2.18. The van der Waals surface area contributed by atoms with Crippen molar-refractivity contribution in [2.45, 2.75) is 12.3 Å². The van der Waals surface area contributed by atoms with Crippen molar-refractivity contribution in [3.8, 4) is 0 Å². The molecule has 0 saturated heterocycles. The molecule has 0 radical (unpaired) electrons. The molecule has 1 aromatic rings. The molecule has 1 aliphatic rings. The fourth-order valence-corrected chi connectivity index (χ4v) is 2.06. The molecule has 1 amide bonds. The maximum absolute atomic E-state index is 11.9. The molecule has 1 heterocycles. The third-order valence-electron chi connectivity index (χ3n) is 3.20. The van der Waals surface area contributed by atoms with Gasteiger partial charge in [-0.3, -0.25) is 19.7 Å². The second-order valence-electron chi connectivity index (χ2n) is 4.28. The quantitative estimate of drug-likeness (QED) is 0.264. The molecule has 0 fully saturated rings. The summed E-state index contributed by atoms with van der Waals surface area (Å²) in [7, 11) is 1.16. The van der Waals surface area contributed by atoms with Crippen LogP contribution >= 0.6 is 0 Å². The Balaban J connectivity index is 2.66. The Kier molecular flexibility index (Phi) is 2.65. The van der Waals surface area contributed by atoms with Crippen molar-refractivity contribution >= 4 is 28.9 Å². The number of nitrogens with two attached hydrogens (primary N) is 1. The van der Waals surface area contributed by atoms with Gasteiger partial charge in [0.15, 0.2) is 5.41 Å². The van der Waals surface area contributed by atoms with E-state index < -0.39 is 22.2 Å². The molecule has 0 aliphatic carbocycles. The average Bonchev–Trinajstić information content (AvgIpc) is 2.61. The van der Waals surface area contributed by atoms with Gasteiger partial charge in [0, 0.05) is 11.6 Å². The Labute approximate surface area is 107 Å². The van der Waals surface area contributed by atoms with E-state index in [0.717, 1.165) is 13.2 Å². The van der Waals surface area contributed by atoms with E-state index in [1.807, 2.05) is 0 Å². The van der Waals surface area contributed by atoms with Crippen molar-refractivity contribution in [3.63, 3.8) is 0 Å². The minimum absolute atomic E-state index is 0.115. The highest BCUT2D eigenvalue weighted by molar-refractivity contribution is 6.19. The van der Waals surface area contributed by atoms with Crippen LogP contribution in [0.2, 0.25) is 0 Å². The summed E-state index contributed by atoms with van der Waals surface area (Å²) in [6.45, 7) is 1.38. The number of amides is 1. The number of benzene rings is 1. The number of hydrogen-bond donors (Lipinski definition) is 2. The monoisotopic (exact) mass is 265 g/mol. The number of nitrogen functional groups attached to an aromatic ring is 1. The van der Waals surface area contributed by atoms with Crippen molar-refractivity contribution < 1.29 is 19.2 Å². The number of carbonyl (C=O) groups excluding carboxylic acids is 2. The normalized spacial score (nSPS) is 20.6. The molecular formula is C11H11N3O5. The molecule has 8 heteroatoms. The number of methoxy groups -OCH3 is 1. The SMILES string of the molecule is COC(=O)C1(C)C(=O)Nc2cc([N+](=O)[O-])c(N)cc21. The molecule has 1 aliphatic heterocycles. The van der Waals surface area contributed by atoms with Crippen molar-refractivity contribution in [1.29, 1.82) is 0 Å². The topological polar surface area (TPSA) is 125 Å². The van der Waals surface area contributed by atoms with Crippen LogP contribution in [0.4, 0.5) is 17.1 Å². The van der Waals surface area contributed by atoms with Gasteiger partial charge >= 0.3 is 5.97 Å². The molecule has 8 nitrogen and oxygen atoms in total. The maximum Gasteiger partial charge on any atom is 0.325 e. The lowest BCUT2D eigenvalue weighted by atomic mass is 9.83. The van der Waals surface area contributed by atoms with Gasteiger partial charge in [-0.05, 0) is 13.0 Å². The molecule has 100 valence electrons. The first-order valence-corrected chi connectivity index (χ1v) is 5.30. The molecule has 3 N–H and O–H groups in total. The highest BCUT2D eigenvalue weighted by Gasteiger charge is 2.51. The largest absolute Gasteiger partial charge is 0.468 e. The van der Waals surface area contributed by atoms with Crippen LogP contribution in [0.5, 0.6) is 0 Å². The summed E-state index contributed by atoms with van der Waals surface area (Å²) < 4.78 is 4.61. The van der Waals surface area contributed by atoms with E-state index in [1.165, 1.54) is 13.0 Å². The van der Waals surface area contributed by atoms with Crippen LogP contribution in [0.15, 0.2) is 12.1 Å². The van der Waals surface area contributed by atoms with E-state index in [4.69, 9.17) is 5.73 Å². The third kappa shape index (κ3) is 1.60. The fourth-order valence-electron chi connectivity index (χ4n) is 2.06. The summed E-state index contributed by atoms with van der Waals surface area (Å²) in [5.41, 5.74) is 4.04.